The van der Waals surface area contributed by atoms with E-state index in [2.05, 4.69) is 5.32 Å². The monoisotopic (exact) mass is 303 g/mol. The third kappa shape index (κ3) is 4.23. The average molecular weight is 304 g/mol. The fraction of sp³-hybridized carbons (Fsp3) is 0.235. The molecule has 0 saturated heterocycles. The van der Waals surface area contributed by atoms with Gasteiger partial charge in [-0.3, -0.25) is 4.79 Å². The van der Waals surface area contributed by atoms with Crippen molar-refractivity contribution in [3.63, 3.8) is 0 Å². The van der Waals surface area contributed by atoms with Crippen LogP contribution in [0.25, 0.3) is 0 Å². The molecule has 1 amide bonds. The van der Waals surface area contributed by atoms with Gasteiger partial charge in [0.1, 0.15) is 5.75 Å². The van der Waals surface area contributed by atoms with Crippen LogP contribution >= 0.6 is 11.6 Å². The van der Waals surface area contributed by atoms with E-state index < -0.39 is 0 Å². The first-order valence-corrected chi connectivity index (χ1v) is 7.09. The van der Waals surface area contributed by atoms with E-state index in [0.717, 1.165) is 22.4 Å². The van der Waals surface area contributed by atoms with Gasteiger partial charge in [-0.25, -0.2) is 0 Å². The zero-order valence-corrected chi connectivity index (χ0v) is 13.1. The lowest BCUT2D eigenvalue weighted by atomic mass is 10.1. The van der Waals surface area contributed by atoms with Gasteiger partial charge in [0.25, 0.3) is 5.91 Å². The highest BCUT2D eigenvalue weighted by Crippen LogP contribution is 2.25. The van der Waals surface area contributed by atoms with Crippen LogP contribution in [0.1, 0.15) is 16.7 Å². The number of aryl methyl sites for hydroxylation is 3. The van der Waals surface area contributed by atoms with Crippen LogP contribution in [-0.4, -0.2) is 12.5 Å². The first-order valence-electron chi connectivity index (χ1n) is 6.72. The van der Waals surface area contributed by atoms with Gasteiger partial charge in [0, 0.05) is 5.69 Å². The van der Waals surface area contributed by atoms with Crippen molar-refractivity contribution >= 4 is 23.2 Å². The number of amides is 1. The smallest absolute Gasteiger partial charge is 0.262 e. The van der Waals surface area contributed by atoms with Crippen molar-refractivity contribution < 1.29 is 9.53 Å². The van der Waals surface area contributed by atoms with Crippen molar-refractivity contribution in [1.82, 2.24) is 0 Å². The molecule has 0 bridgehead atoms. The van der Waals surface area contributed by atoms with E-state index >= 15 is 0 Å². The molecule has 0 aliphatic heterocycles. The highest BCUT2D eigenvalue weighted by molar-refractivity contribution is 6.32. The van der Waals surface area contributed by atoms with Gasteiger partial charge in [0.15, 0.2) is 6.61 Å². The lowest BCUT2D eigenvalue weighted by Crippen LogP contribution is -2.20. The predicted molar refractivity (Wildman–Crippen MR) is 86.2 cm³/mol. The third-order valence-electron chi connectivity index (χ3n) is 3.11. The number of carbonyl (C=O) groups excluding carboxylic acids is 1. The Morgan fingerprint density at radius 1 is 1.10 bits per heavy atom. The third-order valence-corrected chi connectivity index (χ3v) is 3.42. The summed E-state index contributed by atoms with van der Waals surface area (Å²) >= 11 is 6.03. The number of benzene rings is 2. The van der Waals surface area contributed by atoms with Crippen molar-refractivity contribution in [1.29, 1.82) is 0 Å². The molecule has 0 aliphatic carbocycles. The van der Waals surface area contributed by atoms with E-state index in [1.54, 1.807) is 6.07 Å². The van der Waals surface area contributed by atoms with Crippen molar-refractivity contribution in [2.24, 2.45) is 0 Å². The second-order valence-electron chi connectivity index (χ2n) is 5.09. The molecule has 0 fully saturated rings. The molecular weight excluding hydrogens is 286 g/mol. The maximum absolute atomic E-state index is 12.0. The van der Waals surface area contributed by atoms with E-state index in [1.165, 1.54) is 0 Å². The second kappa shape index (κ2) is 6.64. The van der Waals surface area contributed by atoms with Gasteiger partial charge in [-0.2, -0.15) is 0 Å². The molecule has 0 radical (unpaired) electrons. The number of anilines is 1. The van der Waals surface area contributed by atoms with E-state index in [9.17, 15) is 4.79 Å². The van der Waals surface area contributed by atoms with Crippen LogP contribution < -0.4 is 10.1 Å². The largest absolute Gasteiger partial charge is 0.482 e. The number of halogens is 1. The Labute approximate surface area is 129 Å². The second-order valence-corrected chi connectivity index (χ2v) is 5.50. The number of rotatable bonds is 4. The quantitative estimate of drug-likeness (QED) is 0.915. The molecule has 0 heterocycles. The van der Waals surface area contributed by atoms with Crippen LogP contribution in [0.15, 0.2) is 36.4 Å². The summed E-state index contributed by atoms with van der Waals surface area (Å²) in [6.45, 7) is 5.81. The Morgan fingerprint density at radius 3 is 2.52 bits per heavy atom. The molecule has 2 rings (SSSR count). The number of ether oxygens (including phenoxy) is 1. The summed E-state index contributed by atoms with van der Waals surface area (Å²) in [5.74, 6) is 0.314. The Kier molecular flexibility index (Phi) is 4.86. The van der Waals surface area contributed by atoms with Gasteiger partial charge in [-0.15, -0.1) is 0 Å². The predicted octanol–water partition coefficient (Wildman–Crippen LogP) is 4.28. The first-order chi connectivity index (χ1) is 9.95. The molecule has 0 spiro atoms. The fourth-order valence-electron chi connectivity index (χ4n) is 1.92. The fourth-order valence-corrected chi connectivity index (χ4v) is 2.09. The van der Waals surface area contributed by atoms with E-state index in [4.69, 9.17) is 16.3 Å². The van der Waals surface area contributed by atoms with Crippen LogP contribution in [0.4, 0.5) is 5.69 Å². The maximum atomic E-state index is 12.0. The first kappa shape index (κ1) is 15.4. The van der Waals surface area contributed by atoms with Crippen molar-refractivity contribution in [2.75, 3.05) is 11.9 Å². The summed E-state index contributed by atoms with van der Waals surface area (Å²) in [6.07, 6.45) is 0. The molecule has 0 aromatic heterocycles. The van der Waals surface area contributed by atoms with Crippen molar-refractivity contribution in [3.8, 4) is 5.75 Å². The minimum Gasteiger partial charge on any atom is -0.482 e. The van der Waals surface area contributed by atoms with Crippen LogP contribution in [0.5, 0.6) is 5.75 Å². The standard InChI is InChI=1S/C17H18ClNO2/c1-11-4-6-13(3)15(8-11)19-17(20)10-21-16-9-12(2)5-7-14(16)18/h4-9H,10H2,1-3H3,(H,19,20). The lowest BCUT2D eigenvalue weighted by Gasteiger charge is -2.11. The van der Waals surface area contributed by atoms with Gasteiger partial charge in [-0.05, 0) is 55.7 Å². The summed E-state index contributed by atoms with van der Waals surface area (Å²) in [6, 6.07) is 11.4. The Bertz CT molecular complexity index is 668. The Morgan fingerprint density at radius 2 is 1.76 bits per heavy atom. The molecule has 0 saturated carbocycles. The highest BCUT2D eigenvalue weighted by Gasteiger charge is 2.08. The van der Waals surface area contributed by atoms with Crippen LogP contribution in [-0.2, 0) is 4.79 Å². The lowest BCUT2D eigenvalue weighted by molar-refractivity contribution is -0.118. The minimum absolute atomic E-state index is 0.0729. The molecule has 4 heteroatoms. The molecular formula is C17H18ClNO2. The van der Waals surface area contributed by atoms with E-state index in [-0.39, 0.29) is 12.5 Å². The van der Waals surface area contributed by atoms with E-state index in [0.29, 0.717) is 10.8 Å². The molecule has 2 aromatic rings. The maximum Gasteiger partial charge on any atom is 0.262 e. The van der Waals surface area contributed by atoms with Crippen molar-refractivity contribution in [2.45, 2.75) is 20.8 Å². The highest BCUT2D eigenvalue weighted by atomic mass is 35.5. The zero-order chi connectivity index (χ0) is 15.4. The molecule has 2 aromatic carbocycles. The molecule has 21 heavy (non-hydrogen) atoms. The Hall–Kier alpha value is -2.00. The molecule has 0 unspecified atom stereocenters. The molecule has 0 atom stereocenters. The number of hydrogen-bond donors (Lipinski definition) is 1. The van der Waals surface area contributed by atoms with Crippen LogP contribution in [0.2, 0.25) is 5.02 Å². The minimum atomic E-state index is -0.207. The van der Waals surface area contributed by atoms with Gasteiger partial charge in [0.2, 0.25) is 0 Å². The molecule has 1 N–H and O–H groups in total. The summed E-state index contributed by atoms with van der Waals surface area (Å²) in [7, 11) is 0. The van der Waals surface area contributed by atoms with Gasteiger partial charge in [-0.1, -0.05) is 29.8 Å². The number of nitrogens with one attached hydrogen (secondary N) is 1. The molecule has 0 aliphatic rings. The van der Waals surface area contributed by atoms with Gasteiger partial charge >= 0.3 is 0 Å². The van der Waals surface area contributed by atoms with Gasteiger partial charge < -0.3 is 10.1 Å². The summed E-state index contributed by atoms with van der Waals surface area (Å²) in [5.41, 5.74) is 3.95. The molecule has 3 nitrogen and oxygen atoms in total. The van der Waals surface area contributed by atoms with Crippen LogP contribution in [0, 0.1) is 20.8 Å². The average Bonchev–Trinajstić information content (AvgIpc) is 2.44. The van der Waals surface area contributed by atoms with E-state index in [1.807, 2.05) is 51.1 Å². The topological polar surface area (TPSA) is 38.3 Å². The summed E-state index contributed by atoms with van der Waals surface area (Å²) < 4.78 is 5.48. The van der Waals surface area contributed by atoms with Crippen molar-refractivity contribution in [3.05, 3.63) is 58.1 Å². The SMILES string of the molecule is Cc1ccc(C)c(NC(=O)COc2cc(C)ccc2Cl)c1. The molecule has 110 valence electrons. The summed E-state index contributed by atoms with van der Waals surface area (Å²) in [5, 5.41) is 3.35. The van der Waals surface area contributed by atoms with Crippen LogP contribution in [0.3, 0.4) is 0 Å². The number of carbonyl (C=O) groups is 1. The normalized spacial score (nSPS) is 10.3. The Balaban J connectivity index is 1.99. The number of hydrogen-bond acceptors (Lipinski definition) is 2. The summed E-state index contributed by atoms with van der Waals surface area (Å²) in [4.78, 5) is 12.0. The van der Waals surface area contributed by atoms with Gasteiger partial charge in [0.05, 0.1) is 5.02 Å². The zero-order valence-electron chi connectivity index (χ0n) is 12.4.